The fraction of sp³-hybridized carbons (Fsp3) is 0.471. The lowest BCUT2D eigenvalue weighted by molar-refractivity contribution is 0.0730. The SMILES string of the molecule is CCC(CC)CN(CC)C(=O)c1cc2c(F)cccc2[nH]1. The molecular formula is C17H23FN2O. The first-order valence-electron chi connectivity index (χ1n) is 7.67. The lowest BCUT2D eigenvalue weighted by atomic mass is 10.0. The zero-order valence-corrected chi connectivity index (χ0v) is 12.9. The summed E-state index contributed by atoms with van der Waals surface area (Å²) < 4.78 is 13.7. The number of nitrogens with zero attached hydrogens (tertiary/aromatic N) is 1. The molecule has 0 spiro atoms. The number of amides is 1. The fourth-order valence-electron chi connectivity index (χ4n) is 2.62. The number of benzene rings is 1. The van der Waals surface area contributed by atoms with Crippen LogP contribution in [0.3, 0.4) is 0 Å². The molecule has 0 radical (unpaired) electrons. The van der Waals surface area contributed by atoms with E-state index in [0.29, 0.717) is 29.1 Å². The van der Waals surface area contributed by atoms with Crippen molar-refractivity contribution in [3.63, 3.8) is 0 Å². The van der Waals surface area contributed by atoms with Gasteiger partial charge in [-0.25, -0.2) is 4.39 Å². The Morgan fingerprint density at radius 3 is 2.57 bits per heavy atom. The smallest absolute Gasteiger partial charge is 0.270 e. The van der Waals surface area contributed by atoms with Crippen LogP contribution in [0, 0.1) is 11.7 Å². The monoisotopic (exact) mass is 290 g/mol. The van der Waals surface area contributed by atoms with Crippen LogP contribution in [0.4, 0.5) is 4.39 Å². The summed E-state index contributed by atoms with van der Waals surface area (Å²) in [5.41, 5.74) is 1.12. The summed E-state index contributed by atoms with van der Waals surface area (Å²) in [5.74, 6) is 0.154. The molecule has 1 N–H and O–H groups in total. The largest absolute Gasteiger partial charge is 0.350 e. The van der Waals surface area contributed by atoms with Gasteiger partial charge in [-0.2, -0.15) is 0 Å². The highest BCUT2D eigenvalue weighted by atomic mass is 19.1. The second-order valence-corrected chi connectivity index (χ2v) is 5.41. The summed E-state index contributed by atoms with van der Waals surface area (Å²) >= 11 is 0. The summed E-state index contributed by atoms with van der Waals surface area (Å²) in [7, 11) is 0. The van der Waals surface area contributed by atoms with Crippen LogP contribution in [0.25, 0.3) is 10.9 Å². The third-order valence-corrected chi connectivity index (χ3v) is 4.14. The van der Waals surface area contributed by atoms with E-state index in [0.717, 1.165) is 19.4 Å². The molecule has 2 aromatic rings. The van der Waals surface area contributed by atoms with Crippen molar-refractivity contribution in [1.82, 2.24) is 9.88 Å². The zero-order valence-electron chi connectivity index (χ0n) is 12.9. The summed E-state index contributed by atoms with van der Waals surface area (Å²) in [6, 6.07) is 6.45. The normalized spacial score (nSPS) is 11.3. The number of carbonyl (C=O) groups excluding carboxylic acids is 1. The number of aromatic nitrogens is 1. The Balaban J connectivity index is 2.25. The minimum atomic E-state index is -0.300. The van der Waals surface area contributed by atoms with Crippen LogP contribution in [0.5, 0.6) is 0 Å². The van der Waals surface area contributed by atoms with E-state index in [1.807, 2.05) is 11.8 Å². The molecule has 0 saturated heterocycles. The molecule has 1 amide bonds. The van der Waals surface area contributed by atoms with E-state index in [1.54, 1.807) is 18.2 Å². The topological polar surface area (TPSA) is 36.1 Å². The van der Waals surface area contributed by atoms with Crippen LogP contribution in [0.2, 0.25) is 0 Å². The van der Waals surface area contributed by atoms with Crippen LogP contribution in [-0.4, -0.2) is 28.9 Å². The molecule has 0 bridgehead atoms. The Kier molecular flexibility index (Phi) is 4.99. The van der Waals surface area contributed by atoms with Crippen molar-refractivity contribution in [2.75, 3.05) is 13.1 Å². The second kappa shape index (κ2) is 6.74. The van der Waals surface area contributed by atoms with E-state index in [9.17, 15) is 9.18 Å². The standard InChI is InChI=1S/C17H23FN2O/c1-4-12(5-2)11-20(6-3)17(21)16-10-13-14(18)8-7-9-15(13)19-16/h7-10,12,19H,4-6,11H2,1-3H3. The Bertz CT molecular complexity index is 616. The van der Waals surface area contributed by atoms with Crippen molar-refractivity contribution in [3.8, 4) is 0 Å². The van der Waals surface area contributed by atoms with Crippen LogP contribution in [0.1, 0.15) is 44.1 Å². The number of carbonyl (C=O) groups is 1. The molecular weight excluding hydrogens is 267 g/mol. The Morgan fingerprint density at radius 2 is 2.00 bits per heavy atom. The molecule has 21 heavy (non-hydrogen) atoms. The fourth-order valence-corrected chi connectivity index (χ4v) is 2.62. The first kappa shape index (κ1) is 15.5. The van der Waals surface area contributed by atoms with E-state index < -0.39 is 0 Å². The van der Waals surface area contributed by atoms with Crippen LogP contribution in [0.15, 0.2) is 24.3 Å². The van der Waals surface area contributed by atoms with E-state index >= 15 is 0 Å². The highest BCUT2D eigenvalue weighted by Crippen LogP contribution is 2.20. The second-order valence-electron chi connectivity index (χ2n) is 5.41. The molecule has 0 aliphatic heterocycles. The molecule has 4 heteroatoms. The average molecular weight is 290 g/mol. The van der Waals surface area contributed by atoms with Crippen molar-refractivity contribution >= 4 is 16.8 Å². The number of hydrogen-bond donors (Lipinski definition) is 1. The average Bonchev–Trinajstić information content (AvgIpc) is 2.93. The van der Waals surface area contributed by atoms with Crippen molar-refractivity contribution in [1.29, 1.82) is 0 Å². The van der Waals surface area contributed by atoms with Gasteiger partial charge in [-0.15, -0.1) is 0 Å². The number of rotatable bonds is 6. The summed E-state index contributed by atoms with van der Waals surface area (Å²) in [4.78, 5) is 17.5. The van der Waals surface area contributed by atoms with Crippen LogP contribution >= 0.6 is 0 Å². The van der Waals surface area contributed by atoms with Crippen LogP contribution in [-0.2, 0) is 0 Å². The van der Waals surface area contributed by atoms with Gasteiger partial charge in [0, 0.05) is 24.0 Å². The molecule has 0 saturated carbocycles. The molecule has 1 aromatic carbocycles. The molecule has 2 rings (SSSR count). The van der Waals surface area contributed by atoms with Crippen molar-refractivity contribution in [3.05, 3.63) is 35.8 Å². The predicted molar refractivity (Wildman–Crippen MR) is 83.9 cm³/mol. The summed E-state index contributed by atoms with van der Waals surface area (Å²) in [6.07, 6.45) is 2.11. The van der Waals surface area contributed by atoms with Gasteiger partial charge in [-0.3, -0.25) is 4.79 Å². The zero-order chi connectivity index (χ0) is 15.4. The molecule has 114 valence electrons. The van der Waals surface area contributed by atoms with Gasteiger partial charge in [-0.1, -0.05) is 32.8 Å². The van der Waals surface area contributed by atoms with Gasteiger partial charge in [0.15, 0.2) is 0 Å². The molecule has 0 atom stereocenters. The highest BCUT2D eigenvalue weighted by molar-refractivity contribution is 5.98. The lowest BCUT2D eigenvalue weighted by Gasteiger charge is -2.25. The third kappa shape index (κ3) is 3.26. The van der Waals surface area contributed by atoms with E-state index in [4.69, 9.17) is 0 Å². The molecule has 3 nitrogen and oxygen atoms in total. The first-order chi connectivity index (χ1) is 10.1. The number of nitrogens with one attached hydrogen (secondary N) is 1. The number of H-pyrrole nitrogens is 1. The van der Waals surface area contributed by atoms with E-state index in [2.05, 4.69) is 18.8 Å². The Morgan fingerprint density at radius 1 is 1.29 bits per heavy atom. The van der Waals surface area contributed by atoms with E-state index in [1.165, 1.54) is 6.07 Å². The predicted octanol–water partition coefficient (Wildman–Crippen LogP) is 4.21. The van der Waals surface area contributed by atoms with Gasteiger partial charge in [0.1, 0.15) is 11.5 Å². The highest BCUT2D eigenvalue weighted by Gasteiger charge is 2.19. The number of aromatic amines is 1. The molecule has 0 aliphatic carbocycles. The molecule has 0 fully saturated rings. The molecule has 1 aromatic heterocycles. The van der Waals surface area contributed by atoms with Crippen molar-refractivity contribution in [2.24, 2.45) is 5.92 Å². The summed E-state index contributed by atoms with van der Waals surface area (Å²) in [5, 5.41) is 0.472. The minimum absolute atomic E-state index is 0.0556. The first-order valence-corrected chi connectivity index (χ1v) is 7.67. The summed E-state index contributed by atoms with van der Waals surface area (Å²) in [6.45, 7) is 7.67. The number of halogens is 1. The van der Waals surface area contributed by atoms with Gasteiger partial charge in [0.05, 0.1) is 0 Å². The van der Waals surface area contributed by atoms with Crippen LogP contribution < -0.4 is 0 Å². The van der Waals surface area contributed by atoms with Crippen molar-refractivity contribution < 1.29 is 9.18 Å². The van der Waals surface area contributed by atoms with E-state index in [-0.39, 0.29) is 11.7 Å². The maximum absolute atomic E-state index is 13.7. The Labute approximate surface area is 125 Å². The van der Waals surface area contributed by atoms with Gasteiger partial charge in [0.2, 0.25) is 0 Å². The van der Waals surface area contributed by atoms with Gasteiger partial charge in [-0.05, 0) is 31.0 Å². The maximum Gasteiger partial charge on any atom is 0.270 e. The maximum atomic E-state index is 13.7. The third-order valence-electron chi connectivity index (χ3n) is 4.14. The lowest BCUT2D eigenvalue weighted by Crippen LogP contribution is -2.35. The van der Waals surface area contributed by atoms with Gasteiger partial charge in [0.25, 0.3) is 5.91 Å². The number of hydrogen-bond acceptors (Lipinski definition) is 1. The minimum Gasteiger partial charge on any atom is -0.350 e. The van der Waals surface area contributed by atoms with Gasteiger partial charge >= 0.3 is 0 Å². The Hall–Kier alpha value is -1.84. The molecule has 0 unspecified atom stereocenters. The van der Waals surface area contributed by atoms with Crippen molar-refractivity contribution in [2.45, 2.75) is 33.6 Å². The quantitative estimate of drug-likeness (QED) is 0.850. The molecule has 0 aliphatic rings. The molecule has 1 heterocycles. The van der Waals surface area contributed by atoms with Gasteiger partial charge < -0.3 is 9.88 Å². The number of fused-ring (bicyclic) bond motifs is 1.